The summed E-state index contributed by atoms with van der Waals surface area (Å²) in [5, 5.41) is 6.30. The minimum atomic E-state index is -4.60. The van der Waals surface area contributed by atoms with Crippen molar-refractivity contribution in [2.45, 2.75) is 12.7 Å². The number of benzene rings is 1. The summed E-state index contributed by atoms with van der Waals surface area (Å²) in [6.07, 6.45) is -1.28. The van der Waals surface area contributed by atoms with E-state index in [0.29, 0.717) is 5.76 Å². The van der Waals surface area contributed by atoms with E-state index in [4.69, 9.17) is 4.42 Å². The van der Waals surface area contributed by atoms with Crippen LogP contribution in [0.25, 0.3) is 0 Å². The molecule has 0 bridgehead atoms. The molecule has 0 aliphatic carbocycles. The second-order valence-electron chi connectivity index (χ2n) is 5.26. The van der Waals surface area contributed by atoms with E-state index < -0.39 is 17.6 Å². The summed E-state index contributed by atoms with van der Waals surface area (Å²) in [5.41, 5.74) is -1.30. The van der Waals surface area contributed by atoms with Crippen LogP contribution in [0.5, 0.6) is 0 Å². The highest BCUT2D eigenvalue weighted by Gasteiger charge is 2.34. The Morgan fingerprint density at radius 1 is 1.19 bits per heavy atom. The number of hydrogen-bond donors (Lipinski definition) is 1. The molecule has 0 fully saturated rings. The van der Waals surface area contributed by atoms with Crippen molar-refractivity contribution in [2.24, 2.45) is 0 Å². The summed E-state index contributed by atoms with van der Waals surface area (Å²) in [5.74, 6) is -0.425. The third-order valence-electron chi connectivity index (χ3n) is 3.34. The topological polar surface area (TPSA) is 60.1 Å². The minimum absolute atomic E-state index is 0.0951. The number of nitrogens with one attached hydrogen (secondary N) is 1. The van der Waals surface area contributed by atoms with Gasteiger partial charge in [-0.15, -0.1) is 0 Å². The predicted octanol–water partition coefficient (Wildman–Crippen LogP) is 5.32. The molecule has 3 aromatic rings. The number of carbonyl (C=O) groups excluding carboxylic acids is 1. The Kier molecular flexibility index (Phi) is 5.24. The molecule has 2 heterocycles. The van der Waals surface area contributed by atoms with Crippen LogP contribution in [0.4, 0.5) is 18.9 Å². The first-order chi connectivity index (χ1) is 12.2. The van der Waals surface area contributed by atoms with Crippen LogP contribution in [0.15, 0.2) is 56.1 Å². The maximum absolute atomic E-state index is 13.1. The lowest BCUT2D eigenvalue weighted by Crippen LogP contribution is -2.16. The number of rotatable bonds is 4. The number of alkyl halides is 3. The highest BCUT2D eigenvalue weighted by molar-refractivity contribution is 9.10. The molecule has 0 spiro atoms. The summed E-state index contributed by atoms with van der Waals surface area (Å²) in [4.78, 5) is 12.2. The third-order valence-corrected chi connectivity index (χ3v) is 4.24. The lowest BCUT2D eigenvalue weighted by atomic mass is 10.1. The Hall–Kier alpha value is -2.07. The van der Waals surface area contributed by atoms with Gasteiger partial charge in [-0.1, -0.05) is 15.9 Å². The molecule has 1 amide bonds. The Bertz CT molecular complexity index is 950. The average molecular weight is 493 g/mol. The Balaban J connectivity index is 1.77. The molecule has 0 saturated heterocycles. The third kappa shape index (κ3) is 4.36. The summed E-state index contributed by atoms with van der Waals surface area (Å²) in [6.45, 7) is 0.283. The zero-order chi connectivity index (χ0) is 18.9. The van der Waals surface area contributed by atoms with Gasteiger partial charge in [0.15, 0.2) is 5.76 Å². The molecule has 1 N–H and O–H groups in total. The highest BCUT2D eigenvalue weighted by Crippen LogP contribution is 2.36. The standard InChI is InChI=1S/C16H10Br2F3N3O2/c17-9-1-3-13(12(5-9)16(19,20)21)23-15(25)14-4-2-11(26-14)8-24-7-10(18)6-22-24/h1-7H,8H2,(H,23,25). The molecular formula is C16H10Br2F3N3O2. The van der Waals surface area contributed by atoms with Crippen LogP contribution in [0.3, 0.4) is 0 Å². The van der Waals surface area contributed by atoms with Crippen LogP contribution in [0, 0.1) is 0 Å². The molecule has 0 atom stereocenters. The van der Waals surface area contributed by atoms with E-state index in [-0.39, 0.29) is 22.5 Å². The highest BCUT2D eigenvalue weighted by atomic mass is 79.9. The molecule has 0 radical (unpaired) electrons. The van der Waals surface area contributed by atoms with Crippen LogP contribution < -0.4 is 5.32 Å². The normalized spacial score (nSPS) is 11.6. The predicted molar refractivity (Wildman–Crippen MR) is 94.8 cm³/mol. The molecule has 2 aromatic heterocycles. The number of carbonyl (C=O) groups is 1. The van der Waals surface area contributed by atoms with Gasteiger partial charge in [0.1, 0.15) is 5.76 Å². The monoisotopic (exact) mass is 491 g/mol. The van der Waals surface area contributed by atoms with Gasteiger partial charge in [0.25, 0.3) is 5.91 Å². The first-order valence-electron chi connectivity index (χ1n) is 7.17. The van der Waals surface area contributed by atoms with Gasteiger partial charge in [-0.2, -0.15) is 18.3 Å². The van der Waals surface area contributed by atoms with Gasteiger partial charge in [0.2, 0.25) is 0 Å². The molecular weight excluding hydrogens is 483 g/mol. The second kappa shape index (κ2) is 7.28. The van der Waals surface area contributed by atoms with E-state index in [1.165, 1.54) is 18.2 Å². The number of anilines is 1. The van der Waals surface area contributed by atoms with Crippen molar-refractivity contribution in [3.8, 4) is 0 Å². The number of amides is 1. The molecule has 26 heavy (non-hydrogen) atoms. The largest absolute Gasteiger partial charge is 0.454 e. The van der Waals surface area contributed by atoms with Crippen LogP contribution in [0.1, 0.15) is 21.9 Å². The summed E-state index contributed by atoms with van der Waals surface area (Å²) in [7, 11) is 0. The molecule has 3 rings (SSSR count). The fraction of sp³-hybridized carbons (Fsp3) is 0.125. The average Bonchev–Trinajstić information content (AvgIpc) is 3.17. The van der Waals surface area contributed by atoms with Crippen LogP contribution in [-0.2, 0) is 12.7 Å². The van der Waals surface area contributed by atoms with Crippen molar-refractivity contribution in [2.75, 3.05) is 5.32 Å². The smallest absolute Gasteiger partial charge is 0.418 e. The van der Waals surface area contributed by atoms with Gasteiger partial charge in [-0.25, -0.2) is 0 Å². The lowest BCUT2D eigenvalue weighted by molar-refractivity contribution is -0.137. The SMILES string of the molecule is O=C(Nc1ccc(Br)cc1C(F)(F)F)c1ccc(Cn2cc(Br)cn2)o1. The number of hydrogen-bond acceptors (Lipinski definition) is 3. The Morgan fingerprint density at radius 3 is 2.62 bits per heavy atom. The van der Waals surface area contributed by atoms with Gasteiger partial charge in [-0.3, -0.25) is 9.48 Å². The Morgan fingerprint density at radius 2 is 1.96 bits per heavy atom. The molecule has 0 unspecified atom stereocenters. The van der Waals surface area contributed by atoms with Crippen LogP contribution in [0.2, 0.25) is 0 Å². The quantitative estimate of drug-likeness (QED) is 0.536. The van der Waals surface area contributed by atoms with Gasteiger partial charge in [0, 0.05) is 10.7 Å². The van der Waals surface area contributed by atoms with Crippen LogP contribution in [-0.4, -0.2) is 15.7 Å². The summed E-state index contributed by atoms with van der Waals surface area (Å²) >= 11 is 6.26. The van der Waals surface area contributed by atoms with Crippen molar-refractivity contribution in [1.82, 2.24) is 9.78 Å². The Labute approximate surface area is 162 Å². The second-order valence-corrected chi connectivity index (χ2v) is 7.10. The summed E-state index contributed by atoms with van der Waals surface area (Å²) in [6, 6.07) is 6.45. The van der Waals surface area contributed by atoms with E-state index in [0.717, 1.165) is 10.5 Å². The molecule has 10 heteroatoms. The summed E-state index contributed by atoms with van der Waals surface area (Å²) < 4.78 is 47.4. The van der Waals surface area contributed by atoms with Crippen molar-refractivity contribution >= 4 is 43.5 Å². The van der Waals surface area contributed by atoms with E-state index in [1.807, 2.05) is 0 Å². The van der Waals surface area contributed by atoms with E-state index in [9.17, 15) is 18.0 Å². The van der Waals surface area contributed by atoms with Gasteiger partial charge >= 0.3 is 6.18 Å². The van der Waals surface area contributed by atoms with Gasteiger partial charge < -0.3 is 9.73 Å². The van der Waals surface area contributed by atoms with E-state index >= 15 is 0 Å². The van der Waals surface area contributed by atoms with E-state index in [1.54, 1.807) is 23.1 Å². The first kappa shape index (κ1) is 18.7. The molecule has 0 aliphatic rings. The zero-order valence-corrected chi connectivity index (χ0v) is 16.0. The fourth-order valence-corrected chi connectivity index (χ4v) is 2.90. The fourth-order valence-electron chi connectivity index (χ4n) is 2.21. The number of furan rings is 1. The molecule has 136 valence electrons. The number of nitrogens with zero attached hydrogens (tertiary/aromatic N) is 2. The molecule has 0 aliphatic heterocycles. The van der Waals surface area contributed by atoms with Gasteiger partial charge in [-0.05, 0) is 46.3 Å². The first-order valence-corrected chi connectivity index (χ1v) is 8.76. The van der Waals surface area contributed by atoms with Crippen molar-refractivity contribution < 1.29 is 22.4 Å². The number of halogens is 5. The van der Waals surface area contributed by atoms with Crippen molar-refractivity contribution in [1.29, 1.82) is 0 Å². The van der Waals surface area contributed by atoms with Crippen molar-refractivity contribution in [3.63, 3.8) is 0 Å². The molecule has 5 nitrogen and oxygen atoms in total. The van der Waals surface area contributed by atoms with Crippen LogP contribution >= 0.6 is 31.9 Å². The zero-order valence-electron chi connectivity index (χ0n) is 12.8. The lowest BCUT2D eigenvalue weighted by Gasteiger charge is -2.13. The van der Waals surface area contributed by atoms with Gasteiger partial charge in [0.05, 0.1) is 28.5 Å². The maximum Gasteiger partial charge on any atom is 0.418 e. The maximum atomic E-state index is 13.1. The molecule has 1 aromatic carbocycles. The number of aromatic nitrogens is 2. The van der Waals surface area contributed by atoms with E-state index in [2.05, 4.69) is 42.3 Å². The van der Waals surface area contributed by atoms with Crippen molar-refractivity contribution in [3.05, 3.63) is 68.8 Å². The minimum Gasteiger partial charge on any atom is -0.454 e. The molecule has 0 saturated carbocycles.